The van der Waals surface area contributed by atoms with E-state index in [-0.39, 0.29) is 11.0 Å². The van der Waals surface area contributed by atoms with E-state index in [2.05, 4.69) is 36.8 Å². The van der Waals surface area contributed by atoms with Crippen molar-refractivity contribution in [2.75, 3.05) is 12.3 Å². The Labute approximate surface area is 152 Å². The zero-order valence-corrected chi connectivity index (χ0v) is 15.4. The minimum Gasteiger partial charge on any atom is -0.411 e. The second-order valence-corrected chi connectivity index (χ2v) is 6.58. The molecule has 1 heterocycles. The fraction of sp³-hybridized carbons (Fsp3) is 0.333. The van der Waals surface area contributed by atoms with E-state index in [9.17, 15) is 9.59 Å². The standard InChI is InChI=1S/C15H17BrN4O3S/c1-2-3-8-17-14(22)18-12(21)9-24-15-20-19-13(23-15)10-6-4-5-7-11(10)16/h4-7H,2-3,8-9H2,1H3,(H2,17,18,21,22). The number of hydrogen-bond donors (Lipinski definition) is 2. The Balaban J connectivity index is 1.82. The first-order chi connectivity index (χ1) is 11.6. The van der Waals surface area contributed by atoms with E-state index in [0.717, 1.165) is 34.6 Å². The Morgan fingerprint density at radius 1 is 1.29 bits per heavy atom. The molecule has 1 aromatic carbocycles. The lowest BCUT2D eigenvalue weighted by Gasteiger charge is -2.04. The number of urea groups is 1. The maximum atomic E-state index is 11.7. The van der Waals surface area contributed by atoms with Crippen molar-refractivity contribution < 1.29 is 14.0 Å². The third kappa shape index (κ3) is 5.64. The zero-order valence-electron chi connectivity index (χ0n) is 13.0. The molecule has 2 rings (SSSR count). The van der Waals surface area contributed by atoms with Gasteiger partial charge in [-0.05, 0) is 34.5 Å². The third-order valence-corrected chi connectivity index (χ3v) is 4.42. The molecule has 0 saturated heterocycles. The molecule has 0 bridgehead atoms. The first-order valence-electron chi connectivity index (χ1n) is 7.39. The lowest BCUT2D eigenvalue weighted by Crippen LogP contribution is -2.40. The molecule has 0 fully saturated rings. The largest absolute Gasteiger partial charge is 0.411 e. The van der Waals surface area contributed by atoms with E-state index in [0.29, 0.717) is 12.4 Å². The van der Waals surface area contributed by atoms with Crippen LogP contribution in [0.15, 0.2) is 38.4 Å². The molecule has 7 nitrogen and oxygen atoms in total. The first kappa shape index (κ1) is 18.5. The SMILES string of the molecule is CCCCNC(=O)NC(=O)CSc1nnc(-c2ccccc2Br)o1. The lowest BCUT2D eigenvalue weighted by molar-refractivity contribution is -0.117. The number of carbonyl (C=O) groups excluding carboxylic acids is 2. The van der Waals surface area contributed by atoms with Gasteiger partial charge in [0.2, 0.25) is 11.8 Å². The summed E-state index contributed by atoms with van der Waals surface area (Å²) < 4.78 is 6.36. The number of aromatic nitrogens is 2. The molecule has 9 heteroatoms. The van der Waals surface area contributed by atoms with Crippen LogP contribution in [-0.4, -0.2) is 34.4 Å². The van der Waals surface area contributed by atoms with E-state index in [1.54, 1.807) is 0 Å². The van der Waals surface area contributed by atoms with Gasteiger partial charge in [0.15, 0.2) is 0 Å². The number of carbonyl (C=O) groups is 2. The summed E-state index contributed by atoms with van der Waals surface area (Å²) in [5.74, 6) is -0.0453. The van der Waals surface area contributed by atoms with Gasteiger partial charge in [-0.1, -0.05) is 37.2 Å². The Morgan fingerprint density at radius 2 is 2.08 bits per heavy atom. The highest BCUT2D eigenvalue weighted by Gasteiger charge is 2.14. The van der Waals surface area contributed by atoms with Crippen LogP contribution in [0.5, 0.6) is 0 Å². The van der Waals surface area contributed by atoms with Gasteiger partial charge < -0.3 is 9.73 Å². The summed E-state index contributed by atoms with van der Waals surface area (Å²) in [6, 6.07) is 6.97. The summed E-state index contributed by atoms with van der Waals surface area (Å²) >= 11 is 4.49. The van der Waals surface area contributed by atoms with E-state index >= 15 is 0 Å². The van der Waals surface area contributed by atoms with Crippen LogP contribution in [0.4, 0.5) is 4.79 Å². The number of halogens is 1. The van der Waals surface area contributed by atoms with Crippen LogP contribution in [0.2, 0.25) is 0 Å². The predicted octanol–water partition coefficient (Wildman–Crippen LogP) is 3.22. The van der Waals surface area contributed by atoms with Crippen molar-refractivity contribution in [1.29, 1.82) is 0 Å². The molecule has 0 unspecified atom stereocenters. The Hall–Kier alpha value is -1.87. The molecule has 3 amide bonds. The molecular formula is C15H17BrN4O3S. The lowest BCUT2D eigenvalue weighted by atomic mass is 10.2. The zero-order chi connectivity index (χ0) is 17.4. The topological polar surface area (TPSA) is 97.1 Å². The van der Waals surface area contributed by atoms with E-state index in [1.807, 2.05) is 31.2 Å². The average Bonchev–Trinajstić information content (AvgIpc) is 3.02. The molecule has 0 aliphatic carbocycles. The number of imide groups is 1. The van der Waals surface area contributed by atoms with Crippen molar-refractivity contribution in [3.63, 3.8) is 0 Å². The number of benzene rings is 1. The second kappa shape index (κ2) is 9.43. The summed E-state index contributed by atoms with van der Waals surface area (Å²) in [5.41, 5.74) is 0.775. The summed E-state index contributed by atoms with van der Waals surface area (Å²) in [6.45, 7) is 2.57. The molecular weight excluding hydrogens is 396 g/mol. The monoisotopic (exact) mass is 412 g/mol. The van der Waals surface area contributed by atoms with Crippen LogP contribution < -0.4 is 10.6 Å². The van der Waals surface area contributed by atoms with Gasteiger partial charge in [0.05, 0.1) is 11.3 Å². The average molecular weight is 413 g/mol. The van der Waals surface area contributed by atoms with Gasteiger partial charge in [0.1, 0.15) is 0 Å². The van der Waals surface area contributed by atoms with Crippen molar-refractivity contribution in [3.8, 4) is 11.5 Å². The molecule has 24 heavy (non-hydrogen) atoms. The molecule has 1 aromatic heterocycles. The van der Waals surface area contributed by atoms with Crippen molar-refractivity contribution in [2.24, 2.45) is 0 Å². The Morgan fingerprint density at radius 3 is 2.83 bits per heavy atom. The van der Waals surface area contributed by atoms with Gasteiger partial charge in [0.25, 0.3) is 5.22 Å². The molecule has 2 aromatic rings. The van der Waals surface area contributed by atoms with Gasteiger partial charge in [-0.3, -0.25) is 10.1 Å². The van der Waals surface area contributed by atoms with Crippen LogP contribution in [0.1, 0.15) is 19.8 Å². The number of thioether (sulfide) groups is 1. The molecule has 0 spiro atoms. The van der Waals surface area contributed by atoms with Crippen molar-refractivity contribution in [3.05, 3.63) is 28.7 Å². The number of rotatable bonds is 7. The number of nitrogens with one attached hydrogen (secondary N) is 2. The molecule has 128 valence electrons. The summed E-state index contributed by atoms with van der Waals surface area (Å²) in [7, 11) is 0. The number of unbranched alkanes of at least 4 members (excludes halogenated alkanes) is 1. The van der Waals surface area contributed by atoms with Crippen molar-refractivity contribution >= 4 is 39.6 Å². The third-order valence-electron chi connectivity index (χ3n) is 2.91. The smallest absolute Gasteiger partial charge is 0.321 e. The van der Waals surface area contributed by atoms with Crippen LogP contribution in [0.25, 0.3) is 11.5 Å². The highest BCUT2D eigenvalue weighted by molar-refractivity contribution is 9.10. The van der Waals surface area contributed by atoms with Gasteiger partial charge in [-0.2, -0.15) is 0 Å². The summed E-state index contributed by atoms with van der Waals surface area (Å²) in [6.07, 6.45) is 1.84. The molecule has 0 saturated carbocycles. The second-order valence-electron chi connectivity index (χ2n) is 4.80. The quantitative estimate of drug-likeness (QED) is 0.535. The number of nitrogens with zero attached hydrogens (tertiary/aromatic N) is 2. The normalized spacial score (nSPS) is 10.4. The minimum absolute atomic E-state index is 0.0127. The first-order valence-corrected chi connectivity index (χ1v) is 9.17. The molecule has 0 atom stereocenters. The Kier molecular flexibility index (Phi) is 7.26. The Bertz CT molecular complexity index is 708. The van der Waals surface area contributed by atoms with Crippen molar-refractivity contribution in [1.82, 2.24) is 20.8 Å². The predicted molar refractivity (Wildman–Crippen MR) is 94.6 cm³/mol. The summed E-state index contributed by atoms with van der Waals surface area (Å²) in [4.78, 5) is 23.2. The fourth-order valence-corrected chi connectivity index (χ4v) is 2.74. The van der Waals surface area contributed by atoms with Gasteiger partial charge >= 0.3 is 6.03 Å². The highest BCUT2D eigenvalue weighted by atomic mass is 79.9. The van der Waals surface area contributed by atoms with Crippen LogP contribution >= 0.6 is 27.7 Å². The maximum Gasteiger partial charge on any atom is 0.321 e. The van der Waals surface area contributed by atoms with Crippen LogP contribution in [0.3, 0.4) is 0 Å². The number of hydrogen-bond acceptors (Lipinski definition) is 6. The molecule has 0 radical (unpaired) electrons. The number of amides is 3. The molecule has 0 aliphatic heterocycles. The van der Waals surface area contributed by atoms with Gasteiger partial charge in [-0.25, -0.2) is 4.79 Å². The van der Waals surface area contributed by atoms with Crippen LogP contribution in [-0.2, 0) is 4.79 Å². The summed E-state index contributed by atoms with van der Waals surface area (Å²) in [5, 5.41) is 13.0. The highest BCUT2D eigenvalue weighted by Crippen LogP contribution is 2.28. The maximum absolute atomic E-state index is 11.7. The van der Waals surface area contributed by atoms with Crippen molar-refractivity contribution in [2.45, 2.75) is 25.0 Å². The minimum atomic E-state index is -0.492. The molecule has 0 aliphatic rings. The van der Waals surface area contributed by atoms with E-state index in [4.69, 9.17) is 4.42 Å². The molecule has 2 N–H and O–H groups in total. The fourth-order valence-electron chi connectivity index (χ4n) is 1.72. The van der Waals surface area contributed by atoms with E-state index in [1.165, 1.54) is 0 Å². The van der Waals surface area contributed by atoms with Gasteiger partial charge in [0, 0.05) is 11.0 Å². The van der Waals surface area contributed by atoms with Gasteiger partial charge in [-0.15, -0.1) is 10.2 Å². The van der Waals surface area contributed by atoms with Crippen LogP contribution in [0, 0.1) is 0 Å². The van der Waals surface area contributed by atoms with E-state index < -0.39 is 11.9 Å².